The molecule has 0 spiro atoms. The molecule has 378 valence electrons. The standard InChI is InChI=1S/C59H95NO7/c1-6-8-10-12-14-16-18-20-22-24-26-28-30-32-34-36-38-40-42-44-46-48-50-58(62)67-55(53-65-52-51-56(59(63)64)60(3,4)5)54-66-57(61)49-47-45-43-41-39-37-35-33-31-29-27-25-23-21-19-17-15-13-11-9-7-2/h8,10,14-17,20-23,26-29,32-35,39,41,55-56H,6-7,9,11-13,18-19,24-25,30-31,36-38,40,42-54H2,1-5H3/b10-8+,16-14+,17-15+,22-20+,23-21+,28-26+,29-27+,34-32+,35-33+,41-39+. The maximum atomic E-state index is 12.8. The number of likely N-dealkylation sites (N-methyl/N-ethyl adjacent to an activating group) is 1. The Balaban J connectivity index is 4.39. The molecule has 0 aromatic heterocycles. The Morgan fingerprint density at radius 3 is 1.27 bits per heavy atom. The number of quaternary nitrogens is 1. The van der Waals surface area contributed by atoms with Crippen molar-refractivity contribution in [2.24, 2.45) is 0 Å². The minimum atomic E-state index is -1.14. The Labute approximate surface area is 410 Å². The maximum absolute atomic E-state index is 12.8. The van der Waals surface area contributed by atoms with E-state index in [2.05, 4.69) is 135 Å². The van der Waals surface area contributed by atoms with Gasteiger partial charge in [0.15, 0.2) is 6.10 Å². The number of hydrogen-bond donors (Lipinski definition) is 0. The molecule has 0 aliphatic rings. The van der Waals surface area contributed by atoms with E-state index in [0.717, 1.165) is 109 Å². The molecule has 0 fully saturated rings. The molecule has 8 nitrogen and oxygen atoms in total. The third-order valence-electron chi connectivity index (χ3n) is 10.8. The molecule has 0 aromatic rings. The molecule has 0 rings (SSSR count). The lowest BCUT2D eigenvalue weighted by Crippen LogP contribution is -2.55. The van der Waals surface area contributed by atoms with Crippen LogP contribution in [-0.2, 0) is 28.6 Å². The number of rotatable bonds is 45. The van der Waals surface area contributed by atoms with E-state index < -0.39 is 18.1 Å². The number of carboxylic acids is 1. The van der Waals surface area contributed by atoms with Crippen molar-refractivity contribution in [3.8, 4) is 0 Å². The Morgan fingerprint density at radius 2 is 0.836 bits per heavy atom. The second kappa shape index (κ2) is 48.2. The van der Waals surface area contributed by atoms with Crippen molar-refractivity contribution in [3.05, 3.63) is 122 Å². The summed E-state index contributed by atoms with van der Waals surface area (Å²) in [5, 5.41) is 11.7. The van der Waals surface area contributed by atoms with E-state index in [-0.39, 0.29) is 55.5 Å². The average molecular weight is 930 g/mol. The van der Waals surface area contributed by atoms with Gasteiger partial charge in [0, 0.05) is 19.3 Å². The molecule has 0 heterocycles. The zero-order valence-corrected chi connectivity index (χ0v) is 43.0. The van der Waals surface area contributed by atoms with Crippen LogP contribution in [0.4, 0.5) is 0 Å². The predicted octanol–water partition coefficient (Wildman–Crippen LogP) is 14.0. The largest absolute Gasteiger partial charge is 0.544 e. The monoisotopic (exact) mass is 930 g/mol. The van der Waals surface area contributed by atoms with Crippen molar-refractivity contribution in [2.45, 2.75) is 193 Å². The molecule has 0 amide bonds. The van der Waals surface area contributed by atoms with E-state index in [4.69, 9.17) is 14.2 Å². The fourth-order valence-corrected chi connectivity index (χ4v) is 6.82. The van der Waals surface area contributed by atoms with Gasteiger partial charge in [-0.05, 0) is 109 Å². The summed E-state index contributed by atoms with van der Waals surface area (Å²) in [7, 11) is 5.38. The normalized spacial score (nSPS) is 13.9. The summed E-state index contributed by atoms with van der Waals surface area (Å²) >= 11 is 0. The van der Waals surface area contributed by atoms with E-state index in [1.165, 1.54) is 32.1 Å². The molecule has 0 radical (unpaired) electrons. The number of esters is 2. The first kappa shape index (κ1) is 62.7. The van der Waals surface area contributed by atoms with Gasteiger partial charge in [0.05, 0.1) is 40.3 Å². The van der Waals surface area contributed by atoms with Gasteiger partial charge >= 0.3 is 11.9 Å². The number of nitrogens with zero attached hydrogens (tertiary/aromatic N) is 1. The minimum Gasteiger partial charge on any atom is -0.544 e. The number of aliphatic carboxylic acids is 1. The highest BCUT2D eigenvalue weighted by Crippen LogP contribution is 2.13. The average Bonchev–Trinajstić information content (AvgIpc) is 3.29. The van der Waals surface area contributed by atoms with Crippen molar-refractivity contribution in [2.75, 3.05) is 41.0 Å². The van der Waals surface area contributed by atoms with Crippen LogP contribution in [0, 0.1) is 0 Å². The van der Waals surface area contributed by atoms with E-state index >= 15 is 0 Å². The molecule has 0 aliphatic carbocycles. The number of hydrogen-bond acceptors (Lipinski definition) is 7. The van der Waals surface area contributed by atoms with Crippen LogP contribution >= 0.6 is 0 Å². The highest BCUT2D eigenvalue weighted by Gasteiger charge is 2.25. The molecule has 67 heavy (non-hydrogen) atoms. The lowest BCUT2D eigenvalue weighted by molar-refractivity contribution is -0.889. The van der Waals surface area contributed by atoms with Crippen molar-refractivity contribution in [3.63, 3.8) is 0 Å². The summed E-state index contributed by atoms with van der Waals surface area (Å²) in [4.78, 5) is 37.1. The SMILES string of the molecule is CC/C=C/C/C=C/C/C=C/C/C=C/C/C=C/CCCCCCCCC(=O)OC(COCCC(C(=O)[O-])[N+](C)(C)C)COC(=O)CCCC/C=C/C/C=C/C/C=C/C/C=C/C/C=C/CCCCC. The number of carbonyl (C=O) groups excluding carboxylic acids is 3. The van der Waals surface area contributed by atoms with E-state index in [0.29, 0.717) is 6.42 Å². The number of carboxylic acid groups (broad SMARTS) is 1. The number of ether oxygens (including phenoxy) is 3. The fourth-order valence-electron chi connectivity index (χ4n) is 6.82. The second-order valence-electron chi connectivity index (χ2n) is 18.0. The summed E-state index contributed by atoms with van der Waals surface area (Å²) in [5.74, 6) is -1.82. The lowest BCUT2D eigenvalue weighted by atomic mass is 10.1. The lowest BCUT2D eigenvalue weighted by Gasteiger charge is -2.34. The molecular formula is C59H95NO7. The van der Waals surface area contributed by atoms with Crippen LogP contribution < -0.4 is 5.11 Å². The molecule has 0 aliphatic heterocycles. The van der Waals surface area contributed by atoms with Gasteiger partial charge in [-0.15, -0.1) is 0 Å². The minimum absolute atomic E-state index is 0.0120. The summed E-state index contributed by atoms with van der Waals surface area (Å²) in [5.41, 5.74) is 0. The molecule has 0 bridgehead atoms. The van der Waals surface area contributed by atoms with Crippen molar-refractivity contribution >= 4 is 17.9 Å². The van der Waals surface area contributed by atoms with Gasteiger partial charge in [-0.1, -0.05) is 174 Å². The fraction of sp³-hybridized carbons (Fsp3) is 0.610. The molecular weight excluding hydrogens is 835 g/mol. The number of carbonyl (C=O) groups is 3. The smallest absolute Gasteiger partial charge is 0.306 e. The summed E-state index contributed by atoms with van der Waals surface area (Å²) in [6.45, 7) is 4.44. The Hall–Kier alpha value is -4.27. The van der Waals surface area contributed by atoms with Crippen LogP contribution in [-0.4, -0.2) is 75.5 Å². The van der Waals surface area contributed by atoms with Gasteiger partial charge in [0.25, 0.3) is 0 Å². The highest BCUT2D eigenvalue weighted by atomic mass is 16.6. The van der Waals surface area contributed by atoms with Gasteiger partial charge in [0.1, 0.15) is 12.6 Å². The maximum Gasteiger partial charge on any atom is 0.306 e. The zero-order chi connectivity index (χ0) is 49.2. The molecule has 8 heteroatoms. The Kier molecular flexibility index (Phi) is 45.1. The van der Waals surface area contributed by atoms with Crippen LogP contribution in [0.25, 0.3) is 0 Å². The molecule has 0 N–H and O–H groups in total. The van der Waals surface area contributed by atoms with Crippen molar-refractivity contribution < 1.29 is 38.2 Å². The van der Waals surface area contributed by atoms with Crippen LogP contribution in [0.2, 0.25) is 0 Å². The predicted molar refractivity (Wildman–Crippen MR) is 281 cm³/mol. The third kappa shape index (κ3) is 46.6. The summed E-state index contributed by atoms with van der Waals surface area (Å²) < 4.78 is 17.2. The van der Waals surface area contributed by atoms with Gasteiger partial charge in [-0.25, -0.2) is 0 Å². The Bertz CT molecular complexity index is 1500. The van der Waals surface area contributed by atoms with Gasteiger partial charge in [0.2, 0.25) is 0 Å². The Morgan fingerprint density at radius 1 is 0.463 bits per heavy atom. The molecule has 2 atom stereocenters. The molecule has 2 unspecified atom stereocenters. The zero-order valence-electron chi connectivity index (χ0n) is 43.0. The van der Waals surface area contributed by atoms with E-state index in [1.807, 2.05) is 0 Å². The number of allylic oxidation sites excluding steroid dienone is 20. The quantitative estimate of drug-likeness (QED) is 0.0259. The van der Waals surface area contributed by atoms with Crippen LogP contribution in [0.15, 0.2) is 122 Å². The first-order valence-electron chi connectivity index (χ1n) is 26.1. The third-order valence-corrected chi connectivity index (χ3v) is 10.8. The van der Waals surface area contributed by atoms with E-state index in [9.17, 15) is 19.5 Å². The summed E-state index contributed by atoms with van der Waals surface area (Å²) in [6.07, 6.45) is 68.0. The topological polar surface area (TPSA) is 102 Å². The van der Waals surface area contributed by atoms with Gasteiger partial charge < -0.3 is 28.6 Å². The van der Waals surface area contributed by atoms with Crippen molar-refractivity contribution in [1.29, 1.82) is 0 Å². The van der Waals surface area contributed by atoms with E-state index in [1.54, 1.807) is 21.1 Å². The summed E-state index contributed by atoms with van der Waals surface area (Å²) in [6, 6.07) is -0.744. The van der Waals surface area contributed by atoms with Gasteiger partial charge in [-0.3, -0.25) is 9.59 Å². The van der Waals surface area contributed by atoms with Crippen molar-refractivity contribution in [1.82, 2.24) is 0 Å². The highest BCUT2D eigenvalue weighted by molar-refractivity contribution is 5.70. The van der Waals surface area contributed by atoms with Crippen LogP contribution in [0.3, 0.4) is 0 Å². The second-order valence-corrected chi connectivity index (χ2v) is 18.0. The first-order valence-corrected chi connectivity index (χ1v) is 26.1. The number of unbranched alkanes of at least 4 members (excludes halogenated alkanes) is 11. The van der Waals surface area contributed by atoms with Gasteiger partial charge in [-0.2, -0.15) is 0 Å². The van der Waals surface area contributed by atoms with Crippen LogP contribution in [0.1, 0.15) is 181 Å². The molecule has 0 saturated heterocycles. The van der Waals surface area contributed by atoms with Crippen LogP contribution in [0.5, 0.6) is 0 Å². The molecule has 0 aromatic carbocycles. The first-order chi connectivity index (χ1) is 32.6. The molecule has 0 saturated carbocycles.